The van der Waals surface area contributed by atoms with Crippen molar-refractivity contribution in [1.82, 2.24) is 0 Å². The molecule has 0 bridgehead atoms. The van der Waals surface area contributed by atoms with Gasteiger partial charge in [-0.3, -0.25) is 0 Å². The number of hydrogen-bond acceptors (Lipinski definition) is 3. The van der Waals surface area contributed by atoms with Gasteiger partial charge in [-0.2, -0.15) is 8.42 Å². The molecule has 0 aromatic heterocycles. The molecule has 0 aliphatic rings. The van der Waals surface area contributed by atoms with Crippen LogP contribution in [0.25, 0.3) is 0 Å². The fraction of sp³-hybridized carbons (Fsp3) is 0. The van der Waals surface area contributed by atoms with Crippen molar-refractivity contribution >= 4 is 27.5 Å². The lowest BCUT2D eigenvalue weighted by molar-refractivity contribution is 0.550. The minimum Gasteiger partial charge on any atom is -0.438 e. The first-order valence-electron chi connectivity index (χ1n) is 7.43. The molecule has 3 rings (SSSR count). The van der Waals surface area contributed by atoms with Crippen molar-refractivity contribution in [2.24, 2.45) is 4.40 Å². The van der Waals surface area contributed by atoms with E-state index in [1.807, 2.05) is 12.1 Å². The fourth-order valence-corrected chi connectivity index (χ4v) is 3.15. The normalized spacial score (nSPS) is 12.0. The molecule has 0 saturated heterocycles. The molecule has 0 aliphatic carbocycles. The Bertz CT molecular complexity index is 970. The van der Waals surface area contributed by atoms with Crippen LogP contribution in [0.2, 0.25) is 5.02 Å². The molecule has 126 valence electrons. The van der Waals surface area contributed by atoms with E-state index >= 15 is 0 Å². The highest BCUT2D eigenvalue weighted by Crippen LogP contribution is 2.19. The number of halogens is 1. The van der Waals surface area contributed by atoms with Gasteiger partial charge in [0, 0.05) is 10.6 Å². The van der Waals surface area contributed by atoms with E-state index in [0.29, 0.717) is 16.3 Å². The molecule has 0 heterocycles. The van der Waals surface area contributed by atoms with Crippen molar-refractivity contribution in [2.75, 3.05) is 0 Å². The van der Waals surface area contributed by atoms with Crippen molar-refractivity contribution < 1.29 is 13.2 Å². The predicted octanol–water partition coefficient (Wildman–Crippen LogP) is 4.55. The van der Waals surface area contributed by atoms with Gasteiger partial charge in [-0.15, -0.1) is 4.40 Å². The molecule has 0 radical (unpaired) electrons. The second-order valence-electron chi connectivity index (χ2n) is 5.11. The number of sulfonamides is 1. The lowest BCUT2D eigenvalue weighted by atomic mass is 10.2. The minimum absolute atomic E-state index is 0.00162. The topological polar surface area (TPSA) is 55.7 Å². The Morgan fingerprint density at radius 1 is 0.800 bits per heavy atom. The van der Waals surface area contributed by atoms with Gasteiger partial charge in [0.25, 0.3) is 10.0 Å². The number of hydrogen-bond donors (Lipinski definition) is 0. The van der Waals surface area contributed by atoms with Gasteiger partial charge in [0.1, 0.15) is 5.75 Å². The summed E-state index contributed by atoms with van der Waals surface area (Å²) in [5, 5.41) is 0.451. The monoisotopic (exact) mass is 371 g/mol. The van der Waals surface area contributed by atoms with E-state index in [-0.39, 0.29) is 10.8 Å². The van der Waals surface area contributed by atoms with Gasteiger partial charge >= 0.3 is 0 Å². The van der Waals surface area contributed by atoms with Gasteiger partial charge in [0.2, 0.25) is 5.90 Å². The molecule has 0 unspecified atom stereocenters. The predicted molar refractivity (Wildman–Crippen MR) is 98.7 cm³/mol. The second kappa shape index (κ2) is 7.51. The molecule has 0 spiro atoms. The zero-order chi connectivity index (χ0) is 17.7. The lowest BCUT2D eigenvalue weighted by Gasteiger charge is -2.09. The summed E-state index contributed by atoms with van der Waals surface area (Å²) in [6.07, 6.45) is 0. The van der Waals surface area contributed by atoms with Gasteiger partial charge in [-0.1, -0.05) is 48.0 Å². The van der Waals surface area contributed by atoms with Crippen molar-refractivity contribution in [2.45, 2.75) is 4.90 Å². The number of para-hydroxylation sites is 1. The summed E-state index contributed by atoms with van der Waals surface area (Å²) in [6, 6.07) is 23.6. The van der Waals surface area contributed by atoms with E-state index in [1.165, 1.54) is 24.3 Å². The number of nitrogens with zero attached hydrogens (tertiary/aromatic N) is 1. The molecule has 0 fully saturated rings. The summed E-state index contributed by atoms with van der Waals surface area (Å²) < 4.78 is 34.8. The maximum Gasteiger partial charge on any atom is 0.285 e. The Balaban J connectivity index is 2.04. The van der Waals surface area contributed by atoms with Gasteiger partial charge in [0.05, 0.1) is 4.90 Å². The average Bonchev–Trinajstić information content (AvgIpc) is 2.63. The number of ether oxygens (including phenoxy) is 1. The van der Waals surface area contributed by atoms with Gasteiger partial charge in [0.15, 0.2) is 0 Å². The van der Waals surface area contributed by atoms with Crippen LogP contribution in [0.15, 0.2) is 94.2 Å². The Kier molecular flexibility index (Phi) is 5.16. The summed E-state index contributed by atoms with van der Waals surface area (Å²) in [6.45, 7) is 0. The van der Waals surface area contributed by atoms with E-state index in [2.05, 4.69) is 4.40 Å². The summed E-state index contributed by atoms with van der Waals surface area (Å²) in [4.78, 5) is 0.0435. The number of rotatable bonds is 4. The van der Waals surface area contributed by atoms with E-state index in [0.717, 1.165) is 0 Å². The first kappa shape index (κ1) is 17.2. The third kappa shape index (κ3) is 4.47. The van der Waals surface area contributed by atoms with Crippen LogP contribution >= 0.6 is 11.6 Å². The van der Waals surface area contributed by atoms with Crippen LogP contribution in [0.4, 0.5) is 0 Å². The zero-order valence-corrected chi connectivity index (χ0v) is 14.6. The van der Waals surface area contributed by atoms with Crippen molar-refractivity contribution in [3.05, 3.63) is 95.5 Å². The van der Waals surface area contributed by atoms with E-state index < -0.39 is 10.0 Å². The van der Waals surface area contributed by atoms with E-state index in [4.69, 9.17) is 16.3 Å². The summed E-state index contributed by atoms with van der Waals surface area (Å²) in [5.74, 6) is 0.498. The van der Waals surface area contributed by atoms with Crippen LogP contribution in [0.3, 0.4) is 0 Å². The summed E-state index contributed by atoms with van der Waals surface area (Å²) in [5.41, 5.74) is 0.559. The molecule has 0 saturated carbocycles. The lowest BCUT2D eigenvalue weighted by Crippen LogP contribution is -2.13. The highest BCUT2D eigenvalue weighted by molar-refractivity contribution is 7.90. The fourth-order valence-electron chi connectivity index (χ4n) is 2.08. The minimum atomic E-state index is -3.94. The Morgan fingerprint density at radius 2 is 1.36 bits per heavy atom. The maximum absolute atomic E-state index is 12.6. The zero-order valence-electron chi connectivity index (χ0n) is 13.0. The first-order valence-corrected chi connectivity index (χ1v) is 9.25. The molecule has 4 nitrogen and oxygen atoms in total. The quantitative estimate of drug-likeness (QED) is 0.499. The summed E-state index contributed by atoms with van der Waals surface area (Å²) in [7, 11) is -3.94. The highest BCUT2D eigenvalue weighted by atomic mass is 35.5. The van der Waals surface area contributed by atoms with Crippen molar-refractivity contribution in [3.63, 3.8) is 0 Å². The molecule has 0 N–H and O–H groups in total. The van der Waals surface area contributed by atoms with Crippen molar-refractivity contribution in [3.8, 4) is 5.75 Å². The SMILES string of the molecule is O=S(=O)(N=C(Oc1ccccc1)c1ccccc1)c1ccc(Cl)cc1. The number of benzene rings is 3. The van der Waals surface area contributed by atoms with Crippen LogP contribution in [-0.4, -0.2) is 14.3 Å². The molecular formula is C19H14ClNO3S. The third-order valence-electron chi connectivity index (χ3n) is 3.29. The summed E-state index contributed by atoms with van der Waals surface area (Å²) >= 11 is 5.82. The smallest absolute Gasteiger partial charge is 0.285 e. The average molecular weight is 372 g/mol. The Morgan fingerprint density at radius 3 is 1.96 bits per heavy atom. The Labute approximate surface area is 151 Å². The van der Waals surface area contributed by atoms with Gasteiger partial charge in [-0.05, 0) is 48.5 Å². The highest BCUT2D eigenvalue weighted by Gasteiger charge is 2.17. The standard InChI is InChI=1S/C19H14ClNO3S/c20-16-11-13-18(14-12-16)25(22,23)21-19(15-7-3-1-4-8-15)24-17-9-5-2-6-10-17/h1-14H. The maximum atomic E-state index is 12.6. The van der Waals surface area contributed by atoms with Gasteiger partial charge < -0.3 is 4.74 Å². The largest absolute Gasteiger partial charge is 0.438 e. The van der Waals surface area contributed by atoms with Crippen LogP contribution < -0.4 is 4.74 Å². The van der Waals surface area contributed by atoms with Gasteiger partial charge in [-0.25, -0.2) is 0 Å². The Hall–Kier alpha value is -2.63. The molecular weight excluding hydrogens is 358 g/mol. The molecule has 25 heavy (non-hydrogen) atoms. The molecule has 3 aromatic carbocycles. The third-order valence-corrected chi connectivity index (χ3v) is 4.82. The van der Waals surface area contributed by atoms with E-state index in [9.17, 15) is 8.42 Å². The van der Waals surface area contributed by atoms with Crippen molar-refractivity contribution in [1.29, 1.82) is 0 Å². The first-order chi connectivity index (χ1) is 12.0. The second-order valence-corrected chi connectivity index (χ2v) is 7.15. The van der Waals surface area contributed by atoms with E-state index in [1.54, 1.807) is 48.5 Å². The molecule has 0 amide bonds. The van der Waals surface area contributed by atoms with Crippen LogP contribution in [-0.2, 0) is 10.0 Å². The molecule has 3 aromatic rings. The van der Waals surface area contributed by atoms with Crippen LogP contribution in [0.5, 0.6) is 5.75 Å². The molecule has 6 heteroatoms. The van der Waals surface area contributed by atoms with Crippen LogP contribution in [0.1, 0.15) is 5.56 Å². The molecule has 0 atom stereocenters. The van der Waals surface area contributed by atoms with Crippen LogP contribution in [0, 0.1) is 0 Å². The molecule has 0 aliphatic heterocycles.